The molecule has 2 aliphatic rings. The molecule has 0 aliphatic heterocycles. The quantitative estimate of drug-likeness (QED) is 0.498. The van der Waals surface area contributed by atoms with Gasteiger partial charge in [0.2, 0.25) is 0 Å². The van der Waals surface area contributed by atoms with Crippen LogP contribution in [0.5, 0.6) is 0 Å². The first-order chi connectivity index (χ1) is 5.79. The van der Waals surface area contributed by atoms with Crippen LogP contribution >= 0.6 is 25.3 Å². The zero-order valence-corrected chi connectivity index (χ0v) is 10.4. The van der Waals surface area contributed by atoms with Gasteiger partial charge in [0.25, 0.3) is 0 Å². The average molecular weight is 295 g/mol. The van der Waals surface area contributed by atoms with Gasteiger partial charge in [-0.15, -0.1) is 0 Å². The first-order valence-electron chi connectivity index (χ1n) is 3.60. The van der Waals surface area contributed by atoms with Gasteiger partial charge in [0.15, 0.2) is 0 Å². The fraction of sp³-hybridized carbons (Fsp3) is 0. The zero-order chi connectivity index (χ0) is 8.81. The zero-order valence-electron chi connectivity index (χ0n) is 6.87. The van der Waals surface area contributed by atoms with Crippen LogP contribution in [0, 0.1) is 61.9 Å². The van der Waals surface area contributed by atoms with E-state index in [1.165, 1.54) is 0 Å². The molecule has 0 aromatic rings. The summed E-state index contributed by atoms with van der Waals surface area (Å²) < 4.78 is 0. The monoisotopic (exact) mass is 296 g/mol. The second-order valence-corrected chi connectivity index (χ2v) is 3.32. The smallest absolute Gasteiger partial charge is 0.0348 e. The van der Waals surface area contributed by atoms with E-state index in [1.807, 2.05) is 51.4 Å². The van der Waals surface area contributed by atoms with Crippen molar-refractivity contribution < 1.29 is 19.5 Å². The van der Waals surface area contributed by atoms with Crippen molar-refractivity contribution in [2.45, 2.75) is 0 Å². The summed E-state index contributed by atoms with van der Waals surface area (Å²) >= 11 is 8.07. The SMILES string of the molecule is S[C]1[CH][CH][CH][CH]1.S[C]1[CH][CH][CH][CH]1.[Ru]. The van der Waals surface area contributed by atoms with E-state index in [0.29, 0.717) is 0 Å². The van der Waals surface area contributed by atoms with E-state index in [4.69, 9.17) is 0 Å². The van der Waals surface area contributed by atoms with Crippen molar-refractivity contribution in [1.29, 1.82) is 0 Å². The van der Waals surface area contributed by atoms with Crippen molar-refractivity contribution in [3.8, 4) is 0 Å². The molecule has 2 saturated carbocycles. The summed E-state index contributed by atoms with van der Waals surface area (Å²) in [6.45, 7) is 0. The second kappa shape index (κ2) is 8.62. The van der Waals surface area contributed by atoms with Crippen molar-refractivity contribution in [2.24, 2.45) is 0 Å². The molecule has 13 heavy (non-hydrogen) atoms. The van der Waals surface area contributed by atoms with Gasteiger partial charge in [-0.05, 0) is 51.4 Å². The molecule has 0 bridgehead atoms. The minimum atomic E-state index is 0. The van der Waals surface area contributed by atoms with E-state index in [0.717, 1.165) is 10.5 Å². The van der Waals surface area contributed by atoms with Crippen LogP contribution in [-0.2, 0) is 19.5 Å². The van der Waals surface area contributed by atoms with Gasteiger partial charge in [-0.2, -0.15) is 25.3 Å². The molecule has 0 nitrogen and oxygen atoms in total. The third-order valence-corrected chi connectivity index (χ3v) is 1.89. The van der Waals surface area contributed by atoms with Gasteiger partial charge >= 0.3 is 0 Å². The van der Waals surface area contributed by atoms with E-state index < -0.39 is 0 Å². The largest absolute Gasteiger partial charge is 0.170 e. The molecule has 0 spiro atoms. The summed E-state index contributed by atoms with van der Waals surface area (Å²) in [6.07, 6.45) is 15.6. The topological polar surface area (TPSA) is 0 Å². The van der Waals surface area contributed by atoms with Crippen molar-refractivity contribution >= 4 is 25.3 Å². The molecular formula is C10H10RuS2. The molecule has 2 rings (SSSR count). The van der Waals surface area contributed by atoms with Crippen LogP contribution in [0.3, 0.4) is 0 Å². The van der Waals surface area contributed by atoms with Gasteiger partial charge in [-0.3, -0.25) is 0 Å². The number of hydrogen-bond donors (Lipinski definition) is 2. The third-order valence-electron chi connectivity index (χ3n) is 1.29. The summed E-state index contributed by atoms with van der Waals surface area (Å²) in [6, 6.07) is 0. The Bertz CT molecular complexity index is 93.5. The summed E-state index contributed by atoms with van der Waals surface area (Å²) in [5.41, 5.74) is 0. The van der Waals surface area contributed by atoms with E-state index in [-0.39, 0.29) is 19.5 Å². The van der Waals surface area contributed by atoms with Crippen LogP contribution in [0.1, 0.15) is 0 Å². The second-order valence-electron chi connectivity index (χ2n) is 2.29. The Morgan fingerprint density at radius 2 is 0.846 bits per heavy atom. The molecule has 0 aromatic carbocycles. The molecule has 2 aliphatic carbocycles. The molecule has 0 aromatic heterocycles. The Labute approximate surface area is 106 Å². The molecule has 2 fully saturated rings. The Hall–Kier alpha value is 1.32. The fourth-order valence-corrected chi connectivity index (χ4v) is 1.07. The van der Waals surface area contributed by atoms with Crippen molar-refractivity contribution in [2.75, 3.05) is 0 Å². The minimum absolute atomic E-state index is 0. The van der Waals surface area contributed by atoms with E-state index >= 15 is 0 Å². The van der Waals surface area contributed by atoms with Crippen LogP contribution in [0.4, 0.5) is 0 Å². The maximum absolute atomic E-state index is 4.04. The van der Waals surface area contributed by atoms with Crippen LogP contribution < -0.4 is 0 Å². The summed E-state index contributed by atoms with van der Waals surface area (Å²) in [7, 11) is 0. The summed E-state index contributed by atoms with van der Waals surface area (Å²) in [5.74, 6) is 0. The number of thiol groups is 2. The van der Waals surface area contributed by atoms with E-state index in [9.17, 15) is 0 Å². The predicted octanol–water partition coefficient (Wildman–Crippen LogP) is 2.56. The van der Waals surface area contributed by atoms with Crippen LogP contribution in [-0.4, -0.2) is 0 Å². The first-order valence-corrected chi connectivity index (χ1v) is 4.50. The molecule has 70 valence electrons. The molecule has 0 saturated heterocycles. The van der Waals surface area contributed by atoms with Gasteiger partial charge in [-0.25, -0.2) is 0 Å². The predicted molar refractivity (Wildman–Crippen MR) is 58.9 cm³/mol. The normalized spacial score (nSPS) is 23.5. The van der Waals surface area contributed by atoms with Gasteiger partial charge in [0, 0.05) is 30.0 Å². The van der Waals surface area contributed by atoms with E-state index in [2.05, 4.69) is 25.3 Å². The molecule has 0 amide bonds. The molecule has 0 heterocycles. The Kier molecular flexibility index (Phi) is 9.49. The standard InChI is InChI=1S/2C5H5S.Ru/c2*6-5-3-1-2-4-5;/h2*1-4,6H;. The summed E-state index contributed by atoms with van der Waals surface area (Å²) in [5, 5.41) is 2.07. The Balaban J connectivity index is 0.000000206. The van der Waals surface area contributed by atoms with Crippen LogP contribution in [0.15, 0.2) is 0 Å². The first kappa shape index (κ1) is 14.3. The molecule has 0 N–H and O–H groups in total. The van der Waals surface area contributed by atoms with Gasteiger partial charge < -0.3 is 0 Å². The van der Waals surface area contributed by atoms with Crippen molar-refractivity contribution in [3.05, 3.63) is 61.9 Å². The van der Waals surface area contributed by atoms with Crippen molar-refractivity contribution in [1.82, 2.24) is 0 Å². The molecule has 0 unspecified atom stereocenters. The maximum atomic E-state index is 4.04. The van der Waals surface area contributed by atoms with E-state index in [1.54, 1.807) is 0 Å². The molecule has 3 heteroatoms. The van der Waals surface area contributed by atoms with Gasteiger partial charge in [0.1, 0.15) is 0 Å². The average Bonchev–Trinajstić information content (AvgIpc) is 2.63. The number of rotatable bonds is 0. The van der Waals surface area contributed by atoms with Crippen LogP contribution in [0.25, 0.3) is 0 Å². The number of hydrogen-bond acceptors (Lipinski definition) is 2. The molecule has 0 atom stereocenters. The molecular weight excluding hydrogens is 285 g/mol. The van der Waals surface area contributed by atoms with Crippen molar-refractivity contribution in [3.63, 3.8) is 0 Å². The van der Waals surface area contributed by atoms with Gasteiger partial charge in [-0.1, -0.05) is 0 Å². The van der Waals surface area contributed by atoms with Crippen LogP contribution in [0.2, 0.25) is 0 Å². The fourth-order valence-electron chi connectivity index (χ4n) is 0.728. The molecule has 10 radical (unpaired) electrons. The van der Waals surface area contributed by atoms with Gasteiger partial charge in [0.05, 0.1) is 0 Å². The Morgan fingerprint density at radius 3 is 0.923 bits per heavy atom. The summed E-state index contributed by atoms with van der Waals surface area (Å²) in [4.78, 5) is 0. The maximum Gasteiger partial charge on any atom is 0.0348 e. The minimum Gasteiger partial charge on any atom is -0.170 e. The third kappa shape index (κ3) is 7.28. The Morgan fingerprint density at radius 1 is 0.615 bits per heavy atom.